The van der Waals surface area contributed by atoms with Gasteiger partial charge in [-0.3, -0.25) is 0 Å². The van der Waals surface area contributed by atoms with Crippen molar-refractivity contribution in [3.8, 4) is 5.75 Å². The number of aromatic hydroxyl groups is 1. The molecule has 0 aliphatic heterocycles. The van der Waals surface area contributed by atoms with Gasteiger partial charge in [0.05, 0.1) is 6.10 Å². The number of aliphatic hydroxyl groups is 1. The highest BCUT2D eigenvalue weighted by Crippen LogP contribution is 2.11. The summed E-state index contributed by atoms with van der Waals surface area (Å²) in [5.74, 6) is 0.131. The Hall–Kier alpha value is -1.55. The number of nitrogens with zero attached hydrogens (tertiary/aromatic N) is 1. The van der Waals surface area contributed by atoms with Gasteiger partial charge in [-0.2, -0.15) is 0 Å². The predicted molar refractivity (Wildman–Crippen MR) is 48.1 cm³/mol. The van der Waals surface area contributed by atoms with Crippen LogP contribution in [0.5, 0.6) is 5.75 Å². The molecule has 0 bridgehead atoms. The van der Waals surface area contributed by atoms with Crippen molar-refractivity contribution in [1.82, 2.24) is 0 Å². The van der Waals surface area contributed by atoms with Gasteiger partial charge in [0.2, 0.25) is 0 Å². The number of aliphatic hydroxyl groups excluding tert-OH is 1. The Balaban J connectivity index is 3.00. The SMILES string of the molecule is CC(O)/C(=N/O)c1ccc(O)cc1. The van der Waals surface area contributed by atoms with Crippen LogP contribution in [0.3, 0.4) is 0 Å². The van der Waals surface area contributed by atoms with E-state index >= 15 is 0 Å². The summed E-state index contributed by atoms with van der Waals surface area (Å²) < 4.78 is 0. The van der Waals surface area contributed by atoms with Crippen LogP contribution in [0.1, 0.15) is 12.5 Å². The zero-order valence-corrected chi connectivity index (χ0v) is 7.18. The van der Waals surface area contributed by atoms with E-state index in [2.05, 4.69) is 5.16 Å². The van der Waals surface area contributed by atoms with Gasteiger partial charge in [0.25, 0.3) is 0 Å². The van der Waals surface area contributed by atoms with Gasteiger partial charge in [0, 0.05) is 5.56 Å². The van der Waals surface area contributed by atoms with Crippen LogP contribution in [-0.2, 0) is 0 Å². The molecule has 0 aromatic heterocycles. The van der Waals surface area contributed by atoms with Crippen molar-refractivity contribution in [2.75, 3.05) is 0 Å². The number of hydrogen-bond acceptors (Lipinski definition) is 4. The van der Waals surface area contributed by atoms with E-state index in [-0.39, 0.29) is 11.5 Å². The second-order valence-corrected chi connectivity index (χ2v) is 2.71. The average molecular weight is 181 g/mol. The van der Waals surface area contributed by atoms with Crippen LogP contribution in [0.2, 0.25) is 0 Å². The van der Waals surface area contributed by atoms with Crippen molar-refractivity contribution < 1.29 is 15.4 Å². The van der Waals surface area contributed by atoms with Gasteiger partial charge in [-0.25, -0.2) is 0 Å². The van der Waals surface area contributed by atoms with Crippen LogP contribution < -0.4 is 0 Å². The molecule has 4 heteroatoms. The summed E-state index contributed by atoms with van der Waals surface area (Å²) in [5, 5.41) is 29.7. The monoisotopic (exact) mass is 181 g/mol. The molecule has 0 aliphatic rings. The molecule has 1 aromatic rings. The van der Waals surface area contributed by atoms with Crippen LogP contribution in [0.4, 0.5) is 0 Å². The van der Waals surface area contributed by atoms with Gasteiger partial charge in [-0.1, -0.05) is 5.16 Å². The van der Waals surface area contributed by atoms with E-state index in [1.165, 1.54) is 19.1 Å². The van der Waals surface area contributed by atoms with Gasteiger partial charge in [0.1, 0.15) is 11.5 Å². The van der Waals surface area contributed by atoms with Crippen LogP contribution >= 0.6 is 0 Å². The lowest BCUT2D eigenvalue weighted by atomic mass is 10.1. The van der Waals surface area contributed by atoms with Crippen molar-refractivity contribution >= 4 is 5.71 Å². The molecule has 0 radical (unpaired) electrons. The number of hydrogen-bond donors (Lipinski definition) is 3. The summed E-state index contributed by atoms with van der Waals surface area (Å²) in [6.07, 6.45) is -0.838. The molecule has 1 aromatic carbocycles. The maximum absolute atomic E-state index is 9.18. The fourth-order valence-corrected chi connectivity index (χ4v) is 1.01. The van der Waals surface area contributed by atoms with E-state index in [1.807, 2.05) is 0 Å². The van der Waals surface area contributed by atoms with Gasteiger partial charge in [-0.05, 0) is 31.2 Å². The molecule has 4 nitrogen and oxygen atoms in total. The molecule has 0 heterocycles. The van der Waals surface area contributed by atoms with E-state index in [1.54, 1.807) is 12.1 Å². The standard InChI is InChI=1S/C9H11NO3/c1-6(11)9(10-13)7-2-4-8(12)5-3-7/h2-6,11-13H,1H3/b10-9-. The molecule has 1 atom stereocenters. The number of phenols is 1. The van der Waals surface area contributed by atoms with Crippen LogP contribution in [0, 0.1) is 0 Å². The maximum atomic E-state index is 9.18. The largest absolute Gasteiger partial charge is 0.508 e. The number of oxime groups is 1. The average Bonchev–Trinajstić information content (AvgIpc) is 2.09. The number of phenolic OH excluding ortho intramolecular Hbond substituents is 1. The third-order valence-corrected chi connectivity index (χ3v) is 1.67. The van der Waals surface area contributed by atoms with Crippen LogP contribution in [0.25, 0.3) is 0 Å². The zero-order valence-electron chi connectivity index (χ0n) is 7.18. The molecule has 0 fully saturated rings. The van der Waals surface area contributed by atoms with E-state index in [4.69, 9.17) is 10.3 Å². The normalized spacial score (nSPS) is 14.2. The van der Waals surface area contributed by atoms with Crippen molar-refractivity contribution in [1.29, 1.82) is 0 Å². The van der Waals surface area contributed by atoms with E-state index in [9.17, 15) is 5.11 Å². The van der Waals surface area contributed by atoms with Crippen molar-refractivity contribution in [2.24, 2.45) is 5.16 Å². The second kappa shape index (κ2) is 3.91. The first-order valence-corrected chi connectivity index (χ1v) is 3.84. The lowest BCUT2D eigenvalue weighted by molar-refractivity contribution is 0.248. The summed E-state index contributed by atoms with van der Waals surface area (Å²) >= 11 is 0. The minimum atomic E-state index is -0.838. The predicted octanol–water partition coefficient (Wildman–Crippen LogP) is 0.951. The summed E-state index contributed by atoms with van der Waals surface area (Å²) in [5.41, 5.74) is 0.760. The topological polar surface area (TPSA) is 73.1 Å². The van der Waals surface area contributed by atoms with E-state index < -0.39 is 6.10 Å². The Labute approximate surface area is 75.8 Å². The van der Waals surface area contributed by atoms with Crippen LogP contribution in [0.15, 0.2) is 29.4 Å². The number of rotatable bonds is 2. The third kappa shape index (κ3) is 2.19. The van der Waals surface area contributed by atoms with Crippen molar-refractivity contribution in [2.45, 2.75) is 13.0 Å². The zero-order chi connectivity index (χ0) is 9.84. The Bertz CT molecular complexity index is 303. The molecule has 0 spiro atoms. The highest BCUT2D eigenvalue weighted by atomic mass is 16.4. The molecule has 13 heavy (non-hydrogen) atoms. The Kier molecular flexibility index (Phi) is 2.87. The highest BCUT2D eigenvalue weighted by molar-refractivity contribution is 6.03. The second-order valence-electron chi connectivity index (χ2n) is 2.71. The molecular formula is C9H11NO3. The first-order valence-electron chi connectivity index (χ1n) is 3.84. The first kappa shape index (κ1) is 9.54. The van der Waals surface area contributed by atoms with Gasteiger partial charge < -0.3 is 15.4 Å². The number of benzene rings is 1. The maximum Gasteiger partial charge on any atom is 0.115 e. The molecule has 0 aliphatic carbocycles. The lowest BCUT2D eigenvalue weighted by Crippen LogP contribution is -2.17. The quantitative estimate of drug-likeness (QED) is 0.361. The van der Waals surface area contributed by atoms with Gasteiger partial charge in [0.15, 0.2) is 0 Å². The molecule has 1 unspecified atom stereocenters. The minimum Gasteiger partial charge on any atom is -0.508 e. The molecule has 3 N–H and O–H groups in total. The fourth-order valence-electron chi connectivity index (χ4n) is 1.01. The van der Waals surface area contributed by atoms with Crippen molar-refractivity contribution in [3.05, 3.63) is 29.8 Å². The Morgan fingerprint density at radius 1 is 1.31 bits per heavy atom. The van der Waals surface area contributed by atoms with Gasteiger partial charge in [-0.15, -0.1) is 0 Å². The smallest absolute Gasteiger partial charge is 0.115 e. The van der Waals surface area contributed by atoms with Crippen molar-refractivity contribution in [3.63, 3.8) is 0 Å². The summed E-state index contributed by atoms with van der Waals surface area (Å²) in [6.45, 7) is 1.50. The Morgan fingerprint density at radius 3 is 2.23 bits per heavy atom. The minimum absolute atomic E-state index is 0.131. The summed E-state index contributed by atoms with van der Waals surface area (Å²) in [7, 11) is 0. The molecule has 70 valence electrons. The van der Waals surface area contributed by atoms with E-state index in [0.717, 1.165) is 0 Å². The lowest BCUT2D eigenvalue weighted by Gasteiger charge is -2.06. The molecule has 0 saturated heterocycles. The Morgan fingerprint density at radius 2 is 1.85 bits per heavy atom. The third-order valence-electron chi connectivity index (χ3n) is 1.67. The molecule has 0 saturated carbocycles. The molecule has 1 rings (SSSR count). The first-order chi connectivity index (χ1) is 6.15. The highest BCUT2D eigenvalue weighted by Gasteiger charge is 2.09. The fraction of sp³-hybridized carbons (Fsp3) is 0.222. The summed E-state index contributed by atoms with van der Waals surface area (Å²) in [6, 6.07) is 6.06. The summed E-state index contributed by atoms with van der Waals surface area (Å²) in [4.78, 5) is 0. The van der Waals surface area contributed by atoms with E-state index in [0.29, 0.717) is 5.56 Å². The van der Waals surface area contributed by atoms with Crippen LogP contribution in [-0.4, -0.2) is 27.2 Å². The van der Waals surface area contributed by atoms with Gasteiger partial charge >= 0.3 is 0 Å². The molecule has 0 amide bonds. The molecular weight excluding hydrogens is 170 g/mol.